The molecule has 178 valence electrons. The molecule has 9 nitrogen and oxygen atoms in total. The summed E-state index contributed by atoms with van der Waals surface area (Å²) in [7, 11) is 0. The van der Waals surface area contributed by atoms with Crippen LogP contribution in [-0.4, -0.2) is 46.5 Å². The van der Waals surface area contributed by atoms with Gasteiger partial charge in [0, 0.05) is 31.6 Å². The lowest BCUT2D eigenvalue weighted by Gasteiger charge is -2.36. The molecule has 0 radical (unpaired) electrons. The van der Waals surface area contributed by atoms with Crippen molar-refractivity contribution < 1.29 is 14.1 Å². The third kappa shape index (κ3) is 4.16. The lowest BCUT2D eigenvalue weighted by Crippen LogP contribution is -2.49. The van der Waals surface area contributed by atoms with Crippen molar-refractivity contribution in [3.05, 3.63) is 104 Å². The highest BCUT2D eigenvalue weighted by Gasteiger charge is 2.32. The van der Waals surface area contributed by atoms with Gasteiger partial charge in [-0.2, -0.15) is 0 Å². The van der Waals surface area contributed by atoms with Crippen LogP contribution < -0.4 is 10.5 Å². The monoisotopic (exact) mass is 472 g/mol. The van der Waals surface area contributed by atoms with Crippen LogP contribution in [0.4, 0.5) is 11.4 Å². The van der Waals surface area contributed by atoms with Gasteiger partial charge in [0.2, 0.25) is 0 Å². The Bertz CT molecular complexity index is 1450. The molecule has 1 aliphatic heterocycles. The van der Waals surface area contributed by atoms with Crippen LogP contribution in [0.2, 0.25) is 0 Å². The number of piperazine rings is 1. The molecular formula is C26H24N4O5. The molecule has 0 N–H and O–H groups in total. The molecule has 1 amide bonds. The van der Waals surface area contributed by atoms with Gasteiger partial charge in [-0.05, 0) is 36.8 Å². The van der Waals surface area contributed by atoms with Crippen LogP contribution in [0, 0.1) is 17.0 Å². The van der Waals surface area contributed by atoms with Gasteiger partial charge in [-0.1, -0.05) is 42.0 Å². The van der Waals surface area contributed by atoms with Crippen LogP contribution >= 0.6 is 0 Å². The highest BCUT2D eigenvalue weighted by Crippen LogP contribution is 2.35. The molecule has 0 bridgehead atoms. The second-order valence-corrected chi connectivity index (χ2v) is 8.61. The molecule has 35 heavy (non-hydrogen) atoms. The van der Waals surface area contributed by atoms with E-state index in [2.05, 4.69) is 0 Å². The quantitative estimate of drug-likeness (QED) is 0.323. The standard InChI is InChI=1S/C26H24N4O5/c1-18-9-10-21-20(16-18)23(27-11-13-28(14-12-27)25(31)22-8-5-15-35-22)24(30(33)34)26(32)29(21)17-19-6-3-2-4-7-19/h2-10,15-16H,11-14,17H2,1H3. The summed E-state index contributed by atoms with van der Waals surface area (Å²) in [4.78, 5) is 41.3. The van der Waals surface area contributed by atoms with Gasteiger partial charge in [0.25, 0.3) is 5.91 Å². The normalized spacial score (nSPS) is 13.9. The van der Waals surface area contributed by atoms with Crippen molar-refractivity contribution in [3.8, 4) is 0 Å². The molecule has 5 rings (SSSR count). The predicted molar refractivity (Wildman–Crippen MR) is 132 cm³/mol. The number of nitro groups is 1. The molecule has 0 aliphatic carbocycles. The van der Waals surface area contributed by atoms with Gasteiger partial charge in [0.05, 0.1) is 23.2 Å². The van der Waals surface area contributed by atoms with E-state index in [0.29, 0.717) is 42.8 Å². The number of hydrogen-bond donors (Lipinski definition) is 0. The summed E-state index contributed by atoms with van der Waals surface area (Å²) in [6, 6.07) is 18.3. The average Bonchev–Trinajstić information content (AvgIpc) is 3.40. The van der Waals surface area contributed by atoms with E-state index in [4.69, 9.17) is 4.42 Å². The summed E-state index contributed by atoms with van der Waals surface area (Å²) < 4.78 is 6.70. The molecule has 3 heterocycles. The van der Waals surface area contributed by atoms with Gasteiger partial charge in [-0.25, -0.2) is 0 Å². The van der Waals surface area contributed by atoms with Crippen LogP contribution in [0.5, 0.6) is 0 Å². The number of aryl methyl sites for hydroxylation is 1. The molecule has 0 atom stereocenters. The molecule has 1 fully saturated rings. The number of furan rings is 1. The van der Waals surface area contributed by atoms with Crippen molar-refractivity contribution in [2.75, 3.05) is 31.1 Å². The third-order valence-corrected chi connectivity index (χ3v) is 6.35. The first-order chi connectivity index (χ1) is 16.9. The molecule has 2 aromatic heterocycles. The summed E-state index contributed by atoms with van der Waals surface area (Å²) in [6.07, 6.45) is 1.45. The molecular weight excluding hydrogens is 448 g/mol. The molecule has 0 unspecified atom stereocenters. The van der Waals surface area contributed by atoms with E-state index in [9.17, 15) is 19.7 Å². The number of carbonyl (C=O) groups is 1. The van der Waals surface area contributed by atoms with Gasteiger partial charge >= 0.3 is 11.2 Å². The van der Waals surface area contributed by atoms with E-state index in [-0.39, 0.29) is 18.2 Å². The molecule has 1 aliphatic rings. The van der Waals surface area contributed by atoms with Gasteiger partial charge in [-0.15, -0.1) is 0 Å². The van der Waals surface area contributed by atoms with Crippen LogP contribution in [0.3, 0.4) is 0 Å². The van der Waals surface area contributed by atoms with Crippen molar-refractivity contribution in [1.82, 2.24) is 9.47 Å². The van der Waals surface area contributed by atoms with Crippen LogP contribution in [0.15, 0.2) is 76.1 Å². The molecule has 2 aromatic carbocycles. The van der Waals surface area contributed by atoms with Crippen LogP contribution in [0.25, 0.3) is 10.9 Å². The van der Waals surface area contributed by atoms with E-state index >= 15 is 0 Å². The zero-order valence-electron chi connectivity index (χ0n) is 19.2. The van der Waals surface area contributed by atoms with Gasteiger partial charge in [0.15, 0.2) is 5.76 Å². The molecule has 4 aromatic rings. The third-order valence-electron chi connectivity index (χ3n) is 6.35. The van der Waals surface area contributed by atoms with Crippen LogP contribution in [0.1, 0.15) is 21.7 Å². The maximum atomic E-state index is 13.5. The van der Waals surface area contributed by atoms with Crippen molar-refractivity contribution in [1.29, 1.82) is 0 Å². The molecule has 1 saturated heterocycles. The number of aromatic nitrogens is 1. The highest BCUT2D eigenvalue weighted by atomic mass is 16.6. The molecule has 9 heteroatoms. The maximum Gasteiger partial charge on any atom is 0.357 e. The Labute approximate surface area is 200 Å². The van der Waals surface area contributed by atoms with Crippen molar-refractivity contribution >= 4 is 28.2 Å². The lowest BCUT2D eigenvalue weighted by atomic mass is 10.1. The number of fused-ring (bicyclic) bond motifs is 1. The van der Waals surface area contributed by atoms with Gasteiger partial charge in [0.1, 0.15) is 5.69 Å². The fourth-order valence-electron chi connectivity index (χ4n) is 4.64. The number of pyridine rings is 1. The first-order valence-electron chi connectivity index (χ1n) is 11.4. The van der Waals surface area contributed by atoms with Crippen molar-refractivity contribution in [2.24, 2.45) is 0 Å². The zero-order valence-corrected chi connectivity index (χ0v) is 19.2. The Morgan fingerprint density at radius 2 is 1.77 bits per heavy atom. The smallest absolute Gasteiger partial charge is 0.357 e. The van der Waals surface area contributed by atoms with E-state index < -0.39 is 16.2 Å². The van der Waals surface area contributed by atoms with E-state index in [1.807, 2.05) is 60.4 Å². The number of amides is 1. The fourth-order valence-corrected chi connectivity index (χ4v) is 4.64. The fraction of sp³-hybridized carbons (Fsp3) is 0.231. The Morgan fingerprint density at radius 3 is 2.43 bits per heavy atom. The van der Waals surface area contributed by atoms with Crippen LogP contribution in [-0.2, 0) is 6.54 Å². The lowest BCUT2D eigenvalue weighted by molar-refractivity contribution is -0.385. The minimum Gasteiger partial charge on any atom is -0.459 e. The number of benzene rings is 2. The minimum absolute atomic E-state index is 0.219. The molecule has 0 saturated carbocycles. The second-order valence-electron chi connectivity index (χ2n) is 8.61. The summed E-state index contributed by atoms with van der Waals surface area (Å²) in [5.74, 6) is 0.0390. The maximum absolute atomic E-state index is 13.5. The number of hydrogen-bond acceptors (Lipinski definition) is 6. The number of carbonyl (C=O) groups excluding carboxylic acids is 1. The SMILES string of the molecule is Cc1ccc2c(c1)c(N1CCN(C(=O)c3ccco3)CC1)c([N+](=O)[O-])c(=O)n2Cc1ccccc1. The average molecular weight is 473 g/mol. The number of rotatable bonds is 5. The van der Waals surface area contributed by atoms with Gasteiger partial charge < -0.3 is 14.2 Å². The largest absolute Gasteiger partial charge is 0.459 e. The topological polar surface area (TPSA) is 102 Å². The summed E-state index contributed by atoms with van der Waals surface area (Å²) >= 11 is 0. The van der Waals surface area contributed by atoms with E-state index in [1.165, 1.54) is 10.8 Å². The first-order valence-corrected chi connectivity index (χ1v) is 11.4. The number of anilines is 1. The Balaban J connectivity index is 1.58. The van der Waals surface area contributed by atoms with Gasteiger partial charge in [-0.3, -0.25) is 24.3 Å². The Morgan fingerprint density at radius 1 is 1.03 bits per heavy atom. The second kappa shape index (κ2) is 9.09. The van der Waals surface area contributed by atoms with Crippen molar-refractivity contribution in [3.63, 3.8) is 0 Å². The van der Waals surface area contributed by atoms with Crippen molar-refractivity contribution in [2.45, 2.75) is 13.5 Å². The first kappa shape index (κ1) is 22.4. The van der Waals surface area contributed by atoms with E-state index in [0.717, 1.165) is 11.1 Å². The zero-order chi connectivity index (χ0) is 24.5. The minimum atomic E-state index is -0.640. The predicted octanol–water partition coefficient (Wildman–Crippen LogP) is 3.82. The Kier molecular flexibility index (Phi) is 5.82. The summed E-state index contributed by atoms with van der Waals surface area (Å²) in [5.41, 5.74) is 1.68. The summed E-state index contributed by atoms with van der Waals surface area (Å²) in [5, 5.41) is 12.9. The highest BCUT2D eigenvalue weighted by molar-refractivity contribution is 5.97. The Hall–Kier alpha value is -4.40. The summed E-state index contributed by atoms with van der Waals surface area (Å²) in [6.45, 7) is 3.58. The van der Waals surface area contributed by atoms with E-state index in [1.54, 1.807) is 17.0 Å². The molecule has 0 spiro atoms. The number of nitrogens with zero attached hydrogens (tertiary/aromatic N) is 4.